The van der Waals surface area contributed by atoms with Crippen LogP contribution in [0.25, 0.3) is 0 Å². The van der Waals surface area contributed by atoms with Crippen LogP contribution in [0.3, 0.4) is 0 Å². The summed E-state index contributed by atoms with van der Waals surface area (Å²) in [7, 11) is -9.92. The predicted molar refractivity (Wildman–Crippen MR) is 423 cm³/mol. The molecule has 0 fully saturated rings. The molecule has 0 radical (unpaired) electrons. The van der Waals surface area contributed by atoms with Gasteiger partial charge in [-0.05, 0) is 31.6 Å². The lowest BCUT2D eigenvalue weighted by atomic mass is 10.0. The van der Waals surface area contributed by atoms with Gasteiger partial charge in [0.05, 0.1) is 26.4 Å². The first-order valence-electron chi connectivity index (χ1n) is 43.6. The monoisotopic (exact) mass is 1510 g/mol. The van der Waals surface area contributed by atoms with E-state index in [4.69, 9.17) is 37.0 Å². The summed E-state index contributed by atoms with van der Waals surface area (Å²) in [6.07, 6.45) is 69.4. The quantitative estimate of drug-likeness (QED) is 0.0222. The van der Waals surface area contributed by atoms with Crippen LogP contribution in [-0.4, -0.2) is 96.7 Å². The first kappa shape index (κ1) is 101. The summed E-state index contributed by atoms with van der Waals surface area (Å²) in [6.45, 7) is 7.37. The van der Waals surface area contributed by atoms with Gasteiger partial charge in [-0.25, -0.2) is 9.13 Å². The van der Waals surface area contributed by atoms with Gasteiger partial charge in [-0.3, -0.25) is 37.3 Å². The van der Waals surface area contributed by atoms with Crippen LogP contribution in [0.2, 0.25) is 0 Å². The molecule has 0 aliphatic carbocycles. The maximum atomic E-state index is 13.1. The molecule has 17 nitrogen and oxygen atoms in total. The van der Waals surface area contributed by atoms with Gasteiger partial charge in [0.2, 0.25) is 0 Å². The minimum Gasteiger partial charge on any atom is -0.462 e. The number of esters is 4. The van der Waals surface area contributed by atoms with Crippen LogP contribution in [0.15, 0.2) is 0 Å². The summed E-state index contributed by atoms with van der Waals surface area (Å²) in [5.74, 6) is -1.29. The Hall–Kier alpha value is -1.94. The SMILES string of the molecule is CCCCCCCCCCCCCCCCCCCCC(=O)OC[C@H](COP(=O)(O)OC[C@@H](O)COP(=O)(O)OC[C@@H](COC(=O)CCCCCCCCCCC)OC(=O)CCCCCCCCCCCCCCCCCCC)OC(=O)CCCCCCCCCCCCCCCCCCC(C)C. The highest BCUT2D eigenvalue weighted by molar-refractivity contribution is 7.47. The van der Waals surface area contributed by atoms with E-state index in [1.165, 1.54) is 276 Å². The molecule has 103 heavy (non-hydrogen) atoms. The van der Waals surface area contributed by atoms with E-state index in [-0.39, 0.29) is 25.7 Å². The van der Waals surface area contributed by atoms with Gasteiger partial charge in [-0.1, -0.05) is 401 Å². The second-order valence-electron chi connectivity index (χ2n) is 30.7. The highest BCUT2D eigenvalue weighted by atomic mass is 31.2. The molecule has 2 unspecified atom stereocenters. The smallest absolute Gasteiger partial charge is 0.462 e. The van der Waals surface area contributed by atoms with E-state index >= 15 is 0 Å². The fourth-order valence-corrected chi connectivity index (χ4v) is 14.7. The fraction of sp³-hybridized carbons (Fsp3) is 0.952. The molecule has 0 aromatic heterocycles. The number of aliphatic hydroxyl groups is 1. The van der Waals surface area contributed by atoms with Crippen molar-refractivity contribution in [2.75, 3.05) is 39.6 Å². The van der Waals surface area contributed by atoms with Crippen LogP contribution in [0.5, 0.6) is 0 Å². The summed E-state index contributed by atoms with van der Waals surface area (Å²) in [5.41, 5.74) is 0. The van der Waals surface area contributed by atoms with Gasteiger partial charge in [0, 0.05) is 25.7 Å². The highest BCUT2D eigenvalue weighted by Gasteiger charge is 2.30. The van der Waals surface area contributed by atoms with Crippen molar-refractivity contribution in [1.82, 2.24) is 0 Å². The number of phosphoric ester groups is 2. The number of carbonyl (C=O) groups excluding carboxylic acids is 4. The number of carbonyl (C=O) groups is 4. The molecule has 612 valence electrons. The molecule has 0 spiro atoms. The number of rotatable bonds is 84. The second kappa shape index (κ2) is 76.8. The fourth-order valence-electron chi connectivity index (χ4n) is 13.1. The van der Waals surface area contributed by atoms with E-state index in [1.54, 1.807) is 0 Å². The maximum absolute atomic E-state index is 13.1. The van der Waals surface area contributed by atoms with Crippen LogP contribution in [0.1, 0.15) is 452 Å². The Morgan fingerprint density at radius 2 is 0.447 bits per heavy atom. The van der Waals surface area contributed by atoms with E-state index in [0.29, 0.717) is 25.7 Å². The number of hydrogen-bond donors (Lipinski definition) is 3. The average Bonchev–Trinajstić information content (AvgIpc) is 0.906. The summed E-state index contributed by atoms with van der Waals surface area (Å²) >= 11 is 0. The Bertz CT molecular complexity index is 1960. The van der Waals surface area contributed by atoms with Crippen molar-refractivity contribution < 1.29 is 80.2 Å². The molecule has 5 atom stereocenters. The number of phosphoric acid groups is 2. The lowest BCUT2D eigenvalue weighted by molar-refractivity contribution is -0.161. The molecule has 0 heterocycles. The third-order valence-corrected chi connectivity index (χ3v) is 21.7. The Labute approximate surface area is 632 Å². The maximum Gasteiger partial charge on any atom is 0.472 e. The Morgan fingerprint density at radius 1 is 0.262 bits per heavy atom. The average molecular weight is 1510 g/mol. The van der Waals surface area contributed by atoms with Crippen LogP contribution in [-0.2, 0) is 65.4 Å². The zero-order chi connectivity index (χ0) is 75.5. The van der Waals surface area contributed by atoms with Gasteiger partial charge in [0.25, 0.3) is 0 Å². The van der Waals surface area contributed by atoms with Crippen molar-refractivity contribution in [3.8, 4) is 0 Å². The lowest BCUT2D eigenvalue weighted by Crippen LogP contribution is -2.30. The third kappa shape index (κ3) is 78.0. The highest BCUT2D eigenvalue weighted by Crippen LogP contribution is 2.45. The van der Waals surface area contributed by atoms with Crippen LogP contribution in [0, 0.1) is 5.92 Å². The summed E-state index contributed by atoms with van der Waals surface area (Å²) in [4.78, 5) is 73.1. The first-order valence-corrected chi connectivity index (χ1v) is 46.6. The van der Waals surface area contributed by atoms with E-state index in [2.05, 4.69) is 34.6 Å². The van der Waals surface area contributed by atoms with Gasteiger partial charge in [-0.2, -0.15) is 0 Å². The van der Waals surface area contributed by atoms with Crippen molar-refractivity contribution in [3.63, 3.8) is 0 Å². The minimum atomic E-state index is -4.96. The van der Waals surface area contributed by atoms with Crippen LogP contribution >= 0.6 is 15.6 Å². The van der Waals surface area contributed by atoms with Crippen LogP contribution in [0.4, 0.5) is 0 Å². The molecule has 0 aromatic carbocycles. The Morgan fingerprint density at radius 3 is 0.660 bits per heavy atom. The van der Waals surface area contributed by atoms with Crippen molar-refractivity contribution in [2.45, 2.75) is 470 Å². The largest absolute Gasteiger partial charge is 0.472 e. The molecular formula is C84H164O17P2. The van der Waals surface area contributed by atoms with E-state index in [9.17, 15) is 43.2 Å². The molecule has 0 saturated carbocycles. The summed E-state index contributed by atoms with van der Waals surface area (Å²) < 4.78 is 68.8. The Balaban J connectivity index is 5.21. The molecule has 3 N–H and O–H groups in total. The van der Waals surface area contributed by atoms with Crippen molar-refractivity contribution >= 4 is 39.5 Å². The zero-order valence-corrected chi connectivity index (χ0v) is 69.3. The lowest BCUT2D eigenvalue weighted by Gasteiger charge is -2.21. The third-order valence-electron chi connectivity index (χ3n) is 19.8. The number of aliphatic hydroxyl groups excluding tert-OH is 1. The van der Waals surface area contributed by atoms with E-state index in [0.717, 1.165) is 95.8 Å². The standard InChI is InChI=1S/C84H164O17P2/c1-6-9-12-15-18-21-23-25-27-29-31-35-39-43-48-53-58-63-68-82(87)95-74-80(101-84(89)70-65-60-55-50-45-41-37-33-32-34-38-42-47-51-56-61-66-77(4)5)76-99-103(92,93)97-72-78(85)71-96-102(90,91)98-75-79(73-94-81(86)67-62-57-52-46-20-17-14-11-8-3)100-83(88)69-64-59-54-49-44-40-36-30-28-26-24-22-19-16-13-10-7-2/h77-80,85H,6-76H2,1-5H3,(H,90,91)(H,92,93)/t78-,79+,80+/m0/s1. The van der Waals surface area contributed by atoms with Gasteiger partial charge in [-0.15, -0.1) is 0 Å². The molecule has 0 bridgehead atoms. The van der Waals surface area contributed by atoms with E-state index in [1.807, 2.05) is 0 Å². The molecule has 0 amide bonds. The van der Waals surface area contributed by atoms with Gasteiger partial charge >= 0.3 is 39.5 Å². The predicted octanol–water partition coefficient (Wildman–Crippen LogP) is 25.6. The van der Waals surface area contributed by atoms with Crippen LogP contribution < -0.4 is 0 Å². The molecule has 0 aliphatic rings. The molecule has 0 rings (SSSR count). The number of ether oxygens (including phenoxy) is 4. The first-order chi connectivity index (χ1) is 50.0. The van der Waals surface area contributed by atoms with Crippen molar-refractivity contribution in [2.24, 2.45) is 5.92 Å². The van der Waals surface area contributed by atoms with Gasteiger partial charge in [0.15, 0.2) is 12.2 Å². The number of hydrogen-bond acceptors (Lipinski definition) is 15. The number of unbranched alkanes of at least 4 members (excludes halogenated alkanes) is 56. The summed E-state index contributed by atoms with van der Waals surface area (Å²) in [6, 6.07) is 0. The Kier molecular flexibility index (Phi) is 75.4. The minimum absolute atomic E-state index is 0.109. The van der Waals surface area contributed by atoms with Crippen molar-refractivity contribution in [1.29, 1.82) is 0 Å². The molecule has 19 heteroatoms. The van der Waals surface area contributed by atoms with Gasteiger partial charge < -0.3 is 33.8 Å². The zero-order valence-electron chi connectivity index (χ0n) is 67.5. The topological polar surface area (TPSA) is 237 Å². The van der Waals surface area contributed by atoms with E-state index < -0.39 is 97.5 Å². The normalized spacial score (nSPS) is 13.8. The second-order valence-corrected chi connectivity index (χ2v) is 33.6. The molecule has 0 aliphatic heterocycles. The summed E-state index contributed by atoms with van der Waals surface area (Å²) in [5, 5.41) is 10.7. The van der Waals surface area contributed by atoms with Crippen molar-refractivity contribution in [3.05, 3.63) is 0 Å². The van der Waals surface area contributed by atoms with Gasteiger partial charge in [0.1, 0.15) is 19.3 Å². The molecular weight excluding hydrogens is 1340 g/mol. The molecule has 0 saturated heterocycles. The molecule has 0 aromatic rings.